The monoisotopic (exact) mass is 435 g/mol. The zero-order chi connectivity index (χ0) is 22.3. The first-order valence-electron chi connectivity index (χ1n) is 9.44. The van der Waals surface area contributed by atoms with Gasteiger partial charge < -0.3 is 31.2 Å². The fourth-order valence-corrected chi connectivity index (χ4v) is 3.27. The number of nitrogens with two attached hydrogens (primary N) is 1. The van der Waals surface area contributed by atoms with Crippen molar-refractivity contribution in [3.8, 4) is 0 Å². The molecule has 0 saturated carbocycles. The maximum Gasteiger partial charge on any atom is 0.408 e. The molecule has 0 bridgehead atoms. The third-order valence-corrected chi connectivity index (χ3v) is 4.61. The molecular weight excluding hydrogens is 406 g/mol. The average molecular weight is 436 g/mol. The first kappa shape index (κ1) is 23.4. The number of hydrogen-bond acceptors (Lipinski definition) is 8. The highest BCUT2D eigenvalue weighted by atomic mass is 32.1. The lowest BCUT2D eigenvalue weighted by molar-refractivity contribution is 0.0474. The average Bonchev–Trinajstić information content (AvgIpc) is 3.03. The predicted octanol–water partition coefficient (Wildman–Crippen LogP) is 3.25. The SMILES string of the molecule is COC[C@@H](CNc1ccc(C(N)=O)c(Nc2cc(C)ns2)c1)NC(=O)OC(C)(C)C. The molecule has 0 unspecified atom stereocenters. The van der Waals surface area contributed by atoms with Crippen LogP contribution in [0.1, 0.15) is 36.8 Å². The van der Waals surface area contributed by atoms with Gasteiger partial charge in [0.1, 0.15) is 10.6 Å². The molecule has 164 valence electrons. The number of nitrogens with one attached hydrogen (secondary N) is 3. The van der Waals surface area contributed by atoms with Crippen LogP contribution in [-0.4, -0.2) is 48.3 Å². The van der Waals surface area contributed by atoms with Crippen LogP contribution < -0.4 is 21.7 Å². The van der Waals surface area contributed by atoms with Gasteiger partial charge >= 0.3 is 6.09 Å². The number of hydrogen-bond donors (Lipinski definition) is 4. The second-order valence-corrected chi connectivity index (χ2v) is 8.57. The van der Waals surface area contributed by atoms with Gasteiger partial charge in [0, 0.05) is 19.3 Å². The van der Waals surface area contributed by atoms with Crippen molar-refractivity contribution >= 4 is 39.9 Å². The standard InChI is InChI=1S/C20H29N5O4S/c1-12-8-17(30-25-12)24-16-9-13(6-7-15(16)18(21)26)22-10-14(11-28-5)23-19(27)29-20(2,3)4/h6-9,14,22,24H,10-11H2,1-5H3,(H2,21,26)(H,23,27)/t14-/m1/s1. The number of carbonyl (C=O) groups is 2. The fraction of sp³-hybridized carbons (Fsp3) is 0.450. The smallest absolute Gasteiger partial charge is 0.408 e. The minimum atomic E-state index is -0.588. The van der Waals surface area contributed by atoms with Crippen LogP contribution in [-0.2, 0) is 9.47 Å². The largest absolute Gasteiger partial charge is 0.444 e. The van der Waals surface area contributed by atoms with Crippen LogP contribution in [0.15, 0.2) is 24.3 Å². The molecule has 0 aliphatic rings. The van der Waals surface area contributed by atoms with Crippen molar-refractivity contribution in [1.29, 1.82) is 0 Å². The normalized spacial score (nSPS) is 12.2. The molecule has 2 amide bonds. The van der Waals surface area contributed by atoms with E-state index in [1.807, 2.05) is 13.0 Å². The number of nitrogens with zero attached hydrogens (tertiary/aromatic N) is 1. The summed E-state index contributed by atoms with van der Waals surface area (Å²) in [5, 5.41) is 10.0. The lowest BCUT2D eigenvalue weighted by atomic mass is 10.1. The van der Waals surface area contributed by atoms with E-state index in [0.29, 0.717) is 24.4 Å². The number of methoxy groups -OCH3 is 1. The molecule has 0 fully saturated rings. The molecule has 9 nitrogen and oxygen atoms in total. The van der Waals surface area contributed by atoms with Gasteiger partial charge in [-0.15, -0.1) is 0 Å². The van der Waals surface area contributed by atoms with E-state index >= 15 is 0 Å². The van der Waals surface area contributed by atoms with Crippen molar-refractivity contribution in [3.05, 3.63) is 35.5 Å². The van der Waals surface area contributed by atoms with E-state index in [2.05, 4.69) is 20.3 Å². The minimum absolute atomic E-state index is 0.302. The van der Waals surface area contributed by atoms with E-state index in [0.717, 1.165) is 16.4 Å². The number of carbonyl (C=O) groups excluding carboxylic acids is 2. The van der Waals surface area contributed by atoms with Gasteiger partial charge in [0.25, 0.3) is 5.91 Å². The Labute approximate surface area is 180 Å². The molecule has 0 aliphatic heterocycles. The number of aromatic nitrogens is 1. The molecule has 1 atom stereocenters. The maximum atomic E-state index is 12.1. The van der Waals surface area contributed by atoms with Crippen LogP contribution >= 0.6 is 11.5 Å². The third kappa shape index (κ3) is 7.53. The number of rotatable bonds is 9. The van der Waals surface area contributed by atoms with Gasteiger partial charge in [-0.05, 0) is 63.5 Å². The summed E-state index contributed by atoms with van der Waals surface area (Å²) >= 11 is 1.30. The molecule has 1 aromatic carbocycles. The van der Waals surface area contributed by atoms with Crippen molar-refractivity contribution in [1.82, 2.24) is 9.69 Å². The highest BCUT2D eigenvalue weighted by molar-refractivity contribution is 7.10. The molecule has 10 heteroatoms. The Bertz CT molecular complexity index is 878. The molecule has 30 heavy (non-hydrogen) atoms. The molecule has 1 aromatic heterocycles. The summed E-state index contributed by atoms with van der Waals surface area (Å²) < 4.78 is 14.7. The number of anilines is 3. The number of ether oxygens (including phenoxy) is 2. The number of amides is 2. The second-order valence-electron chi connectivity index (χ2n) is 7.76. The highest BCUT2D eigenvalue weighted by Gasteiger charge is 2.20. The zero-order valence-electron chi connectivity index (χ0n) is 17.9. The molecule has 0 spiro atoms. The van der Waals surface area contributed by atoms with E-state index in [1.165, 1.54) is 11.5 Å². The number of primary amides is 1. The van der Waals surface area contributed by atoms with E-state index < -0.39 is 17.6 Å². The number of benzene rings is 1. The third-order valence-electron chi connectivity index (χ3n) is 3.81. The van der Waals surface area contributed by atoms with Crippen LogP contribution in [0, 0.1) is 6.92 Å². The summed E-state index contributed by atoms with van der Waals surface area (Å²) in [4.78, 5) is 23.8. The Morgan fingerprint density at radius 3 is 2.57 bits per heavy atom. The van der Waals surface area contributed by atoms with Gasteiger partial charge in [-0.2, -0.15) is 4.37 Å². The zero-order valence-corrected chi connectivity index (χ0v) is 18.7. The highest BCUT2D eigenvalue weighted by Crippen LogP contribution is 2.27. The molecule has 1 heterocycles. The quantitative estimate of drug-likeness (QED) is 0.476. The fourth-order valence-electron chi connectivity index (χ4n) is 2.60. The van der Waals surface area contributed by atoms with E-state index in [-0.39, 0.29) is 6.04 Å². The van der Waals surface area contributed by atoms with Gasteiger partial charge in [-0.1, -0.05) is 0 Å². The van der Waals surface area contributed by atoms with Gasteiger partial charge in [-0.3, -0.25) is 4.79 Å². The Balaban J connectivity index is 2.09. The molecule has 0 aliphatic carbocycles. The molecule has 0 saturated heterocycles. The lowest BCUT2D eigenvalue weighted by Gasteiger charge is -2.24. The Morgan fingerprint density at radius 1 is 1.27 bits per heavy atom. The molecule has 0 radical (unpaired) electrons. The number of alkyl carbamates (subject to hydrolysis) is 1. The number of aryl methyl sites for hydroxylation is 1. The van der Waals surface area contributed by atoms with Crippen LogP contribution in [0.5, 0.6) is 0 Å². The van der Waals surface area contributed by atoms with Gasteiger partial charge in [-0.25, -0.2) is 4.79 Å². The first-order valence-corrected chi connectivity index (χ1v) is 10.2. The minimum Gasteiger partial charge on any atom is -0.444 e. The summed E-state index contributed by atoms with van der Waals surface area (Å²) in [5.74, 6) is -0.533. The first-order chi connectivity index (χ1) is 14.1. The lowest BCUT2D eigenvalue weighted by Crippen LogP contribution is -2.45. The van der Waals surface area contributed by atoms with E-state index in [4.69, 9.17) is 15.2 Å². The summed E-state index contributed by atoms with van der Waals surface area (Å²) in [6.07, 6.45) is -0.515. The van der Waals surface area contributed by atoms with Gasteiger partial charge in [0.15, 0.2) is 0 Å². The van der Waals surface area contributed by atoms with Crippen molar-refractivity contribution in [2.45, 2.75) is 39.3 Å². The molecule has 2 rings (SSSR count). The Morgan fingerprint density at radius 2 is 2.00 bits per heavy atom. The van der Waals surface area contributed by atoms with Crippen LogP contribution in [0.25, 0.3) is 0 Å². The summed E-state index contributed by atoms with van der Waals surface area (Å²) in [7, 11) is 1.56. The predicted molar refractivity (Wildman–Crippen MR) is 119 cm³/mol. The van der Waals surface area contributed by atoms with Crippen LogP contribution in [0.2, 0.25) is 0 Å². The molecular formula is C20H29N5O4S. The maximum absolute atomic E-state index is 12.1. The summed E-state index contributed by atoms with van der Waals surface area (Å²) in [6.45, 7) is 7.99. The Hall–Kier alpha value is -2.85. The van der Waals surface area contributed by atoms with Crippen molar-refractivity contribution in [2.75, 3.05) is 30.9 Å². The van der Waals surface area contributed by atoms with E-state index in [9.17, 15) is 9.59 Å². The van der Waals surface area contributed by atoms with Crippen LogP contribution in [0.3, 0.4) is 0 Å². The Kier molecular flexibility index (Phi) is 8.01. The molecule has 5 N–H and O–H groups in total. The van der Waals surface area contributed by atoms with Gasteiger partial charge in [0.2, 0.25) is 0 Å². The van der Waals surface area contributed by atoms with E-state index in [1.54, 1.807) is 46.1 Å². The second kappa shape index (κ2) is 10.3. The molecule has 2 aromatic rings. The van der Waals surface area contributed by atoms with Gasteiger partial charge in [0.05, 0.1) is 29.6 Å². The van der Waals surface area contributed by atoms with Crippen molar-refractivity contribution < 1.29 is 19.1 Å². The summed E-state index contributed by atoms with van der Waals surface area (Å²) in [6, 6.07) is 6.75. The topological polar surface area (TPSA) is 128 Å². The van der Waals surface area contributed by atoms with Crippen molar-refractivity contribution in [3.63, 3.8) is 0 Å². The van der Waals surface area contributed by atoms with Crippen LogP contribution in [0.4, 0.5) is 21.2 Å². The van der Waals surface area contributed by atoms with Crippen molar-refractivity contribution in [2.24, 2.45) is 5.73 Å². The summed E-state index contributed by atoms with van der Waals surface area (Å²) in [5.41, 5.74) is 7.48.